The fraction of sp³-hybridized carbons (Fsp3) is 0.652. The van der Waals surface area contributed by atoms with Crippen LogP contribution in [0.1, 0.15) is 70.2 Å². The van der Waals surface area contributed by atoms with E-state index in [9.17, 15) is 14.7 Å². The summed E-state index contributed by atoms with van der Waals surface area (Å²) in [5.41, 5.74) is -0.173. The molecule has 30 heavy (non-hydrogen) atoms. The van der Waals surface area contributed by atoms with Gasteiger partial charge in [-0.15, -0.1) is 0 Å². The van der Waals surface area contributed by atoms with Crippen LogP contribution in [0.3, 0.4) is 0 Å². The summed E-state index contributed by atoms with van der Waals surface area (Å²) in [6.07, 6.45) is 3.80. The number of benzene rings is 1. The third-order valence-corrected chi connectivity index (χ3v) is 5.41. The quantitative estimate of drug-likeness (QED) is 0.641. The SMILES string of the molecule is COc1ccc(C(=O)N[C@@H](C)CCCC(C)(C)O)cc1OC1CCN(C(C)=O)CC1. The van der Waals surface area contributed by atoms with Crippen LogP contribution in [0.25, 0.3) is 0 Å². The number of nitrogens with zero attached hydrogens (tertiary/aromatic N) is 1. The van der Waals surface area contributed by atoms with Gasteiger partial charge in [0.05, 0.1) is 12.7 Å². The lowest BCUT2D eigenvalue weighted by Gasteiger charge is -2.31. The van der Waals surface area contributed by atoms with Crippen LogP contribution in [-0.2, 0) is 4.79 Å². The van der Waals surface area contributed by atoms with Gasteiger partial charge in [0.25, 0.3) is 5.91 Å². The minimum Gasteiger partial charge on any atom is -0.493 e. The number of nitrogens with one attached hydrogen (secondary N) is 1. The van der Waals surface area contributed by atoms with Crippen molar-refractivity contribution in [1.29, 1.82) is 0 Å². The molecule has 0 saturated carbocycles. The molecule has 7 heteroatoms. The van der Waals surface area contributed by atoms with Crippen molar-refractivity contribution >= 4 is 11.8 Å². The van der Waals surface area contributed by atoms with E-state index in [2.05, 4.69) is 5.32 Å². The Labute approximate surface area is 179 Å². The van der Waals surface area contributed by atoms with Gasteiger partial charge in [0.1, 0.15) is 6.10 Å². The van der Waals surface area contributed by atoms with Crippen molar-refractivity contribution in [3.05, 3.63) is 23.8 Å². The number of methoxy groups -OCH3 is 1. The van der Waals surface area contributed by atoms with Crippen molar-refractivity contribution in [2.24, 2.45) is 0 Å². The van der Waals surface area contributed by atoms with Gasteiger partial charge in [0, 0.05) is 44.5 Å². The highest BCUT2D eigenvalue weighted by Gasteiger charge is 2.23. The molecule has 1 heterocycles. The molecule has 1 atom stereocenters. The molecule has 1 fully saturated rings. The molecule has 2 N–H and O–H groups in total. The van der Waals surface area contributed by atoms with E-state index in [0.717, 1.165) is 25.7 Å². The number of rotatable bonds is 9. The van der Waals surface area contributed by atoms with Crippen LogP contribution in [0.2, 0.25) is 0 Å². The van der Waals surface area contributed by atoms with Crippen LogP contribution in [0.15, 0.2) is 18.2 Å². The van der Waals surface area contributed by atoms with Gasteiger partial charge in [-0.25, -0.2) is 0 Å². The zero-order chi connectivity index (χ0) is 22.3. The topological polar surface area (TPSA) is 88.1 Å². The third-order valence-electron chi connectivity index (χ3n) is 5.41. The number of piperidine rings is 1. The number of hydrogen-bond acceptors (Lipinski definition) is 5. The molecule has 0 aliphatic carbocycles. The lowest BCUT2D eigenvalue weighted by Crippen LogP contribution is -2.40. The second kappa shape index (κ2) is 10.7. The van der Waals surface area contributed by atoms with E-state index >= 15 is 0 Å². The normalized spacial score (nSPS) is 16.1. The largest absolute Gasteiger partial charge is 0.493 e. The van der Waals surface area contributed by atoms with Crippen molar-refractivity contribution in [3.63, 3.8) is 0 Å². The van der Waals surface area contributed by atoms with Gasteiger partial charge in [-0.05, 0) is 58.2 Å². The molecule has 2 rings (SSSR count). The first kappa shape index (κ1) is 24.0. The van der Waals surface area contributed by atoms with Crippen molar-refractivity contribution in [1.82, 2.24) is 10.2 Å². The van der Waals surface area contributed by atoms with Crippen molar-refractivity contribution in [2.45, 2.75) is 77.5 Å². The fourth-order valence-electron chi connectivity index (χ4n) is 3.60. The second-order valence-electron chi connectivity index (χ2n) is 8.77. The van der Waals surface area contributed by atoms with Gasteiger partial charge in [0.2, 0.25) is 5.91 Å². The van der Waals surface area contributed by atoms with E-state index in [4.69, 9.17) is 9.47 Å². The van der Waals surface area contributed by atoms with Crippen LogP contribution in [-0.4, -0.2) is 59.8 Å². The molecular weight excluding hydrogens is 384 g/mol. The molecule has 1 aliphatic rings. The first-order chi connectivity index (χ1) is 14.1. The predicted molar refractivity (Wildman–Crippen MR) is 116 cm³/mol. The van der Waals surface area contributed by atoms with E-state index in [1.165, 1.54) is 0 Å². The number of aliphatic hydroxyl groups is 1. The van der Waals surface area contributed by atoms with Crippen LogP contribution in [0.5, 0.6) is 11.5 Å². The summed E-state index contributed by atoms with van der Waals surface area (Å²) in [6, 6.07) is 5.19. The zero-order valence-electron chi connectivity index (χ0n) is 18.9. The molecule has 0 unspecified atom stereocenters. The Bertz CT molecular complexity index is 721. The van der Waals surface area contributed by atoms with E-state index in [1.54, 1.807) is 46.1 Å². The summed E-state index contributed by atoms with van der Waals surface area (Å²) < 4.78 is 11.5. The molecule has 168 valence electrons. The maximum absolute atomic E-state index is 12.7. The summed E-state index contributed by atoms with van der Waals surface area (Å²) in [6.45, 7) is 8.47. The Hall–Kier alpha value is -2.28. The number of likely N-dealkylation sites (tertiary alicyclic amines) is 1. The molecule has 0 aromatic heterocycles. The van der Waals surface area contributed by atoms with Gasteiger partial charge in [-0.1, -0.05) is 0 Å². The van der Waals surface area contributed by atoms with Crippen molar-refractivity contribution in [3.8, 4) is 11.5 Å². The summed E-state index contributed by atoms with van der Waals surface area (Å²) >= 11 is 0. The Morgan fingerprint density at radius 1 is 1.27 bits per heavy atom. The average Bonchev–Trinajstić information content (AvgIpc) is 2.67. The zero-order valence-corrected chi connectivity index (χ0v) is 18.9. The number of ether oxygens (including phenoxy) is 2. The first-order valence-corrected chi connectivity index (χ1v) is 10.7. The molecule has 1 aromatic rings. The molecular formula is C23H36N2O5. The first-order valence-electron chi connectivity index (χ1n) is 10.7. The standard InChI is InChI=1S/C23H36N2O5/c1-16(7-6-12-23(3,4)28)24-22(27)18-8-9-20(29-5)21(15-18)30-19-10-13-25(14-11-19)17(2)26/h8-9,15-16,19,28H,6-7,10-14H2,1-5H3,(H,24,27)/t16-/m0/s1. The van der Waals surface area contributed by atoms with Gasteiger partial charge in [-0.3, -0.25) is 9.59 Å². The van der Waals surface area contributed by atoms with Gasteiger partial charge >= 0.3 is 0 Å². The van der Waals surface area contributed by atoms with Crippen LogP contribution < -0.4 is 14.8 Å². The van der Waals surface area contributed by atoms with E-state index in [1.807, 2.05) is 11.8 Å². The van der Waals surface area contributed by atoms with Crippen molar-refractivity contribution in [2.75, 3.05) is 20.2 Å². The Morgan fingerprint density at radius 2 is 1.93 bits per heavy atom. The summed E-state index contributed by atoms with van der Waals surface area (Å²) in [7, 11) is 1.57. The molecule has 0 spiro atoms. The Kier molecular flexibility index (Phi) is 8.53. The summed E-state index contributed by atoms with van der Waals surface area (Å²) in [4.78, 5) is 26.0. The van der Waals surface area contributed by atoms with Crippen LogP contribution in [0, 0.1) is 0 Å². The number of hydrogen-bond donors (Lipinski definition) is 2. The maximum atomic E-state index is 12.7. The summed E-state index contributed by atoms with van der Waals surface area (Å²) in [5, 5.41) is 12.8. The second-order valence-corrected chi connectivity index (χ2v) is 8.77. The van der Waals surface area contributed by atoms with E-state index in [0.29, 0.717) is 36.6 Å². The maximum Gasteiger partial charge on any atom is 0.251 e. The summed E-state index contributed by atoms with van der Waals surface area (Å²) in [5.74, 6) is 1.05. The smallest absolute Gasteiger partial charge is 0.251 e. The highest BCUT2D eigenvalue weighted by atomic mass is 16.5. The van der Waals surface area contributed by atoms with Gasteiger partial charge in [0.15, 0.2) is 11.5 Å². The monoisotopic (exact) mass is 420 g/mol. The van der Waals surface area contributed by atoms with Gasteiger partial charge < -0.3 is 24.8 Å². The third kappa shape index (κ3) is 7.52. The molecule has 7 nitrogen and oxygen atoms in total. The molecule has 1 aliphatic heterocycles. The Balaban J connectivity index is 1.96. The molecule has 2 amide bonds. The average molecular weight is 421 g/mol. The minimum atomic E-state index is -0.688. The van der Waals surface area contributed by atoms with E-state index in [-0.39, 0.29) is 24.0 Å². The number of carbonyl (C=O) groups excluding carboxylic acids is 2. The van der Waals surface area contributed by atoms with Crippen LogP contribution >= 0.6 is 0 Å². The molecule has 0 bridgehead atoms. The molecule has 1 saturated heterocycles. The van der Waals surface area contributed by atoms with E-state index < -0.39 is 5.60 Å². The minimum absolute atomic E-state index is 0.00206. The number of carbonyl (C=O) groups is 2. The van der Waals surface area contributed by atoms with Crippen molar-refractivity contribution < 1.29 is 24.2 Å². The highest BCUT2D eigenvalue weighted by Crippen LogP contribution is 2.31. The Morgan fingerprint density at radius 3 is 2.50 bits per heavy atom. The molecule has 1 aromatic carbocycles. The number of amides is 2. The molecule has 0 radical (unpaired) electrons. The predicted octanol–water partition coefficient (Wildman–Crippen LogP) is 3.14. The lowest BCUT2D eigenvalue weighted by molar-refractivity contribution is -0.130. The van der Waals surface area contributed by atoms with Gasteiger partial charge in [-0.2, -0.15) is 0 Å². The lowest BCUT2D eigenvalue weighted by atomic mass is 9.99. The highest BCUT2D eigenvalue weighted by molar-refractivity contribution is 5.95. The fourth-order valence-corrected chi connectivity index (χ4v) is 3.60. The van der Waals surface area contributed by atoms with Crippen LogP contribution in [0.4, 0.5) is 0 Å².